The van der Waals surface area contributed by atoms with Gasteiger partial charge in [-0.3, -0.25) is 9.88 Å². The molecule has 1 aliphatic heterocycles. The van der Waals surface area contributed by atoms with E-state index in [4.69, 9.17) is 0 Å². The molecule has 94 valence electrons. The SMILES string of the molecule is CNCC1CCCCN1Cc1ncccc1C. The summed E-state index contributed by atoms with van der Waals surface area (Å²) < 4.78 is 0. The van der Waals surface area contributed by atoms with E-state index in [0.717, 1.165) is 13.1 Å². The summed E-state index contributed by atoms with van der Waals surface area (Å²) in [6.45, 7) is 5.45. The average molecular weight is 233 g/mol. The van der Waals surface area contributed by atoms with Crippen LogP contribution in [0.1, 0.15) is 30.5 Å². The molecule has 0 aromatic carbocycles. The lowest BCUT2D eigenvalue weighted by molar-refractivity contribution is 0.137. The molecule has 1 fully saturated rings. The number of pyridine rings is 1. The second-order valence-electron chi connectivity index (χ2n) is 4.94. The minimum atomic E-state index is 0.676. The zero-order valence-corrected chi connectivity index (χ0v) is 10.9. The zero-order valence-electron chi connectivity index (χ0n) is 10.9. The second kappa shape index (κ2) is 6.12. The van der Waals surface area contributed by atoms with Gasteiger partial charge in [0.2, 0.25) is 0 Å². The molecule has 1 unspecified atom stereocenters. The van der Waals surface area contributed by atoms with Crippen molar-refractivity contribution in [2.45, 2.75) is 38.8 Å². The largest absolute Gasteiger partial charge is 0.318 e. The van der Waals surface area contributed by atoms with E-state index in [1.165, 1.54) is 37.1 Å². The van der Waals surface area contributed by atoms with Gasteiger partial charge in [0.15, 0.2) is 0 Å². The Morgan fingerprint density at radius 2 is 2.35 bits per heavy atom. The first-order valence-electron chi connectivity index (χ1n) is 6.60. The molecule has 1 aliphatic rings. The third-order valence-corrected chi connectivity index (χ3v) is 3.66. The zero-order chi connectivity index (χ0) is 12.1. The van der Waals surface area contributed by atoms with Gasteiger partial charge in [0, 0.05) is 25.3 Å². The van der Waals surface area contributed by atoms with E-state index in [1.54, 1.807) is 0 Å². The molecule has 1 aromatic heterocycles. The van der Waals surface area contributed by atoms with Gasteiger partial charge in [0.05, 0.1) is 5.69 Å². The van der Waals surface area contributed by atoms with Crippen LogP contribution in [0, 0.1) is 6.92 Å². The van der Waals surface area contributed by atoms with E-state index in [9.17, 15) is 0 Å². The van der Waals surface area contributed by atoms with Crippen LogP contribution in [-0.4, -0.2) is 36.1 Å². The van der Waals surface area contributed by atoms with E-state index in [-0.39, 0.29) is 0 Å². The lowest BCUT2D eigenvalue weighted by Crippen LogP contribution is -2.44. The number of rotatable bonds is 4. The summed E-state index contributed by atoms with van der Waals surface area (Å²) in [4.78, 5) is 7.08. The normalized spacial score (nSPS) is 21.6. The summed E-state index contributed by atoms with van der Waals surface area (Å²) in [5.74, 6) is 0. The Bertz CT molecular complexity index is 349. The Balaban J connectivity index is 2.03. The van der Waals surface area contributed by atoms with E-state index in [2.05, 4.69) is 28.2 Å². The van der Waals surface area contributed by atoms with Crippen molar-refractivity contribution in [1.29, 1.82) is 0 Å². The van der Waals surface area contributed by atoms with Gasteiger partial charge < -0.3 is 5.32 Å². The first kappa shape index (κ1) is 12.5. The number of aromatic nitrogens is 1. The third-order valence-electron chi connectivity index (χ3n) is 3.66. The highest BCUT2D eigenvalue weighted by Gasteiger charge is 2.22. The predicted molar refractivity (Wildman–Crippen MR) is 70.9 cm³/mol. The summed E-state index contributed by atoms with van der Waals surface area (Å²) in [6.07, 6.45) is 5.90. The number of nitrogens with one attached hydrogen (secondary N) is 1. The molecule has 3 nitrogen and oxygen atoms in total. The number of hydrogen-bond donors (Lipinski definition) is 1. The van der Waals surface area contributed by atoms with Crippen LogP contribution in [0.2, 0.25) is 0 Å². The standard InChI is InChI=1S/C14H23N3/c1-12-6-5-8-16-14(12)11-17-9-4-3-7-13(17)10-15-2/h5-6,8,13,15H,3-4,7,9-11H2,1-2H3. The summed E-state index contributed by atoms with van der Waals surface area (Å²) in [5.41, 5.74) is 2.54. The van der Waals surface area contributed by atoms with Gasteiger partial charge in [-0.25, -0.2) is 0 Å². The molecule has 0 bridgehead atoms. The Morgan fingerprint density at radius 3 is 3.12 bits per heavy atom. The molecule has 2 rings (SSSR count). The molecule has 1 N–H and O–H groups in total. The van der Waals surface area contributed by atoms with Crippen LogP contribution in [0.25, 0.3) is 0 Å². The molecule has 17 heavy (non-hydrogen) atoms. The van der Waals surface area contributed by atoms with Crippen molar-refractivity contribution in [3.05, 3.63) is 29.6 Å². The fraction of sp³-hybridized carbons (Fsp3) is 0.643. The van der Waals surface area contributed by atoms with E-state index in [0.29, 0.717) is 6.04 Å². The van der Waals surface area contributed by atoms with Crippen LogP contribution in [0.3, 0.4) is 0 Å². The maximum absolute atomic E-state index is 4.50. The monoisotopic (exact) mass is 233 g/mol. The number of hydrogen-bond acceptors (Lipinski definition) is 3. The van der Waals surface area contributed by atoms with Gasteiger partial charge >= 0.3 is 0 Å². The summed E-state index contributed by atoms with van der Waals surface area (Å²) >= 11 is 0. The van der Waals surface area contributed by atoms with Crippen molar-refractivity contribution in [2.24, 2.45) is 0 Å². The van der Waals surface area contributed by atoms with Crippen molar-refractivity contribution < 1.29 is 0 Å². The molecule has 0 aliphatic carbocycles. The average Bonchev–Trinajstić information content (AvgIpc) is 2.35. The van der Waals surface area contributed by atoms with Gasteiger partial charge in [-0.2, -0.15) is 0 Å². The summed E-state index contributed by atoms with van der Waals surface area (Å²) in [5, 5.41) is 3.31. The molecule has 1 aromatic rings. The van der Waals surface area contributed by atoms with Crippen LogP contribution >= 0.6 is 0 Å². The lowest BCUT2D eigenvalue weighted by Gasteiger charge is -2.35. The highest BCUT2D eigenvalue weighted by atomic mass is 15.2. The number of piperidine rings is 1. The van der Waals surface area contributed by atoms with Gasteiger partial charge in [0.1, 0.15) is 0 Å². The van der Waals surface area contributed by atoms with Gasteiger partial charge in [-0.05, 0) is 45.0 Å². The number of likely N-dealkylation sites (N-methyl/N-ethyl adjacent to an activating group) is 1. The molecule has 2 heterocycles. The van der Waals surface area contributed by atoms with Crippen molar-refractivity contribution in [1.82, 2.24) is 15.2 Å². The fourth-order valence-corrected chi connectivity index (χ4v) is 2.61. The van der Waals surface area contributed by atoms with Crippen molar-refractivity contribution in [3.8, 4) is 0 Å². The third kappa shape index (κ3) is 3.27. The number of aryl methyl sites for hydroxylation is 1. The molecule has 1 saturated heterocycles. The Labute approximate surface area is 104 Å². The van der Waals surface area contributed by atoms with Gasteiger partial charge in [-0.1, -0.05) is 12.5 Å². The second-order valence-corrected chi connectivity index (χ2v) is 4.94. The lowest BCUT2D eigenvalue weighted by atomic mass is 10.0. The maximum Gasteiger partial charge on any atom is 0.0573 e. The number of nitrogens with zero attached hydrogens (tertiary/aromatic N) is 2. The molecule has 0 radical (unpaired) electrons. The van der Waals surface area contributed by atoms with Crippen molar-refractivity contribution in [2.75, 3.05) is 20.1 Å². The first-order valence-corrected chi connectivity index (χ1v) is 6.60. The molecule has 1 atom stereocenters. The smallest absolute Gasteiger partial charge is 0.0573 e. The minimum Gasteiger partial charge on any atom is -0.318 e. The maximum atomic E-state index is 4.50. The van der Waals surface area contributed by atoms with Gasteiger partial charge in [0.25, 0.3) is 0 Å². The summed E-state index contributed by atoms with van der Waals surface area (Å²) in [6, 6.07) is 4.84. The molecule has 0 saturated carbocycles. The Morgan fingerprint density at radius 1 is 1.47 bits per heavy atom. The highest BCUT2D eigenvalue weighted by molar-refractivity contribution is 5.17. The molecular formula is C14H23N3. The molecular weight excluding hydrogens is 210 g/mol. The predicted octanol–water partition coefficient (Wildman–Crippen LogP) is 1.96. The Hall–Kier alpha value is -0.930. The van der Waals surface area contributed by atoms with Crippen molar-refractivity contribution >= 4 is 0 Å². The van der Waals surface area contributed by atoms with E-state index in [1.807, 2.05) is 19.3 Å². The molecule has 3 heteroatoms. The quantitative estimate of drug-likeness (QED) is 0.861. The number of likely N-dealkylation sites (tertiary alicyclic amines) is 1. The highest BCUT2D eigenvalue weighted by Crippen LogP contribution is 2.19. The van der Waals surface area contributed by atoms with Gasteiger partial charge in [-0.15, -0.1) is 0 Å². The van der Waals surface area contributed by atoms with E-state index >= 15 is 0 Å². The fourth-order valence-electron chi connectivity index (χ4n) is 2.61. The van der Waals surface area contributed by atoms with Crippen LogP contribution in [-0.2, 0) is 6.54 Å². The molecule has 0 spiro atoms. The van der Waals surface area contributed by atoms with Crippen LogP contribution in [0.5, 0.6) is 0 Å². The Kier molecular flexibility index (Phi) is 4.51. The van der Waals surface area contributed by atoms with Crippen LogP contribution in [0.4, 0.5) is 0 Å². The molecule has 0 amide bonds. The van der Waals surface area contributed by atoms with Crippen LogP contribution < -0.4 is 5.32 Å². The first-order chi connectivity index (χ1) is 8.31. The van der Waals surface area contributed by atoms with E-state index < -0.39 is 0 Å². The summed E-state index contributed by atoms with van der Waals surface area (Å²) in [7, 11) is 2.04. The van der Waals surface area contributed by atoms with Crippen LogP contribution in [0.15, 0.2) is 18.3 Å². The van der Waals surface area contributed by atoms with Crippen molar-refractivity contribution in [3.63, 3.8) is 0 Å². The minimum absolute atomic E-state index is 0.676. The topological polar surface area (TPSA) is 28.2 Å².